The normalized spacial score (nSPS) is 15.1. The number of hydrogen-bond acceptors (Lipinski definition) is 5. The fraction of sp³-hybridized carbons (Fsp3) is 0.368. The standard InChI is InChI=1S/C19H24N4O3S/c1-15(2)16-3-6-18(7-4-16)27(25,26)21-19-8-5-17(13-20-19)23-11-9-22(14-24)10-12-23/h3-8,13-15H,9-12H2,1-2H3,(H,20,21). The molecule has 0 saturated carbocycles. The van der Waals surface area contributed by atoms with E-state index in [1.807, 2.05) is 18.2 Å². The van der Waals surface area contributed by atoms with Gasteiger partial charge in [-0.05, 0) is 35.7 Å². The van der Waals surface area contributed by atoms with Crippen LogP contribution >= 0.6 is 0 Å². The van der Waals surface area contributed by atoms with Crippen LogP contribution in [-0.2, 0) is 14.8 Å². The fourth-order valence-electron chi connectivity index (χ4n) is 2.95. The van der Waals surface area contributed by atoms with E-state index in [0.29, 0.717) is 19.0 Å². The predicted molar refractivity (Wildman–Crippen MR) is 105 cm³/mol. The Morgan fingerprint density at radius 3 is 2.22 bits per heavy atom. The van der Waals surface area contributed by atoms with Crippen LogP contribution < -0.4 is 9.62 Å². The lowest BCUT2D eigenvalue weighted by Crippen LogP contribution is -2.45. The van der Waals surface area contributed by atoms with Gasteiger partial charge < -0.3 is 9.80 Å². The van der Waals surface area contributed by atoms with E-state index in [-0.39, 0.29) is 10.7 Å². The van der Waals surface area contributed by atoms with Gasteiger partial charge in [0.25, 0.3) is 10.0 Å². The summed E-state index contributed by atoms with van der Waals surface area (Å²) >= 11 is 0. The largest absolute Gasteiger partial charge is 0.367 e. The van der Waals surface area contributed by atoms with Gasteiger partial charge in [0.05, 0.1) is 16.8 Å². The topological polar surface area (TPSA) is 82.6 Å². The van der Waals surface area contributed by atoms with Crippen molar-refractivity contribution in [3.05, 3.63) is 48.2 Å². The van der Waals surface area contributed by atoms with E-state index in [9.17, 15) is 13.2 Å². The molecule has 3 rings (SSSR count). The summed E-state index contributed by atoms with van der Waals surface area (Å²) in [5.74, 6) is 0.621. The van der Waals surface area contributed by atoms with Crippen molar-refractivity contribution in [1.82, 2.24) is 9.88 Å². The van der Waals surface area contributed by atoms with Crippen LogP contribution in [0, 0.1) is 0 Å². The third kappa shape index (κ3) is 4.57. The number of hydrogen-bond donors (Lipinski definition) is 1. The number of benzene rings is 1. The van der Waals surface area contributed by atoms with Gasteiger partial charge >= 0.3 is 0 Å². The van der Waals surface area contributed by atoms with Crippen molar-refractivity contribution in [2.24, 2.45) is 0 Å². The molecule has 1 aliphatic heterocycles. The van der Waals surface area contributed by atoms with Gasteiger partial charge in [0.15, 0.2) is 0 Å². The molecule has 0 aliphatic carbocycles. The van der Waals surface area contributed by atoms with Crippen LogP contribution in [-0.4, -0.2) is 50.9 Å². The highest BCUT2D eigenvalue weighted by molar-refractivity contribution is 7.92. The number of nitrogens with zero attached hydrogens (tertiary/aromatic N) is 3. The Balaban J connectivity index is 1.67. The van der Waals surface area contributed by atoms with Gasteiger partial charge in [-0.15, -0.1) is 0 Å². The maximum absolute atomic E-state index is 12.5. The third-order valence-electron chi connectivity index (χ3n) is 4.67. The van der Waals surface area contributed by atoms with Crippen LogP contribution in [0.15, 0.2) is 47.5 Å². The van der Waals surface area contributed by atoms with Gasteiger partial charge in [-0.3, -0.25) is 9.52 Å². The molecule has 2 aromatic rings. The highest BCUT2D eigenvalue weighted by Crippen LogP contribution is 2.21. The van der Waals surface area contributed by atoms with Gasteiger partial charge in [0, 0.05) is 26.2 Å². The summed E-state index contributed by atoms with van der Waals surface area (Å²) in [6.45, 7) is 6.92. The quantitative estimate of drug-likeness (QED) is 0.768. The van der Waals surface area contributed by atoms with Crippen LogP contribution in [0.25, 0.3) is 0 Å². The van der Waals surface area contributed by atoms with E-state index in [1.165, 1.54) is 0 Å². The Labute approximate surface area is 160 Å². The van der Waals surface area contributed by atoms with Crippen molar-refractivity contribution < 1.29 is 13.2 Å². The van der Waals surface area contributed by atoms with Crippen LogP contribution in [0.1, 0.15) is 25.3 Å². The van der Waals surface area contributed by atoms with Gasteiger partial charge in [0.2, 0.25) is 6.41 Å². The van der Waals surface area contributed by atoms with E-state index >= 15 is 0 Å². The number of aromatic nitrogens is 1. The molecule has 0 unspecified atom stereocenters. The molecule has 144 valence electrons. The van der Waals surface area contributed by atoms with Crippen molar-refractivity contribution in [2.75, 3.05) is 35.8 Å². The van der Waals surface area contributed by atoms with Crippen molar-refractivity contribution in [1.29, 1.82) is 0 Å². The molecule has 1 aromatic carbocycles. The maximum Gasteiger partial charge on any atom is 0.263 e. The minimum Gasteiger partial charge on any atom is -0.367 e. The van der Waals surface area contributed by atoms with Crippen LogP contribution in [0.4, 0.5) is 11.5 Å². The molecule has 1 aromatic heterocycles. The molecule has 27 heavy (non-hydrogen) atoms. The maximum atomic E-state index is 12.5. The lowest BCUT2D eigenvalue weighted by molar-refractivity contribution is -0.118. The summed E-state index contributed by atoms with van der Waals surface area (Å²) in [7, 11) is -3.68. The zero-order valence-electron chi connectivity index (χ0n) is 15.5. The number of nitrogens with one attached hydrogen (secondary N) is 1. The van der Waals surface area contributed by atoms with E-state index in [4.69, 9.17) is 0 Å². The average Bonchev–Trinajstić information content (AvgIpc) is 2.68. The number of anilines is 2. The van der Waals surface area contributed by atoms with Crippen LogP contribution in [0.3, 0.4) is 0 Å². The minimum absolute atomic E-state index is 0.211. The van der Waals surface area contributed by atoms with Gasteiger partial charge in [0.1, 0.15) is 5.82 Å². The highest BCUT2D eigenvalue weighted by Gasteiger charge is 2.18. The second-order valence-corrected chi connectivity index (χ2v) is 8.54. The molecular weight excluding hydrogens is 364 g/mol. The summed E-state index contributed by atoms with van der Waals surface area (Å²) in [6.07, 6.45) is 2.51. The van der Waals surface area contributed by atoms with Gasteiger partial charge in [-0.2, -0.15) is 0 Å². The Morgan fingerprint density at radius 2 is 1.70 bits per heavy atom. The molecular formula is C19H24N4O3S. The van der Waals surface area contributed by atoms with E-state index in [1.54, 1.807) is 29.3 Å². The van der Waals surface area contributed by atoms with Crippen molar-refractivity contribution >= 4 is 27.9 Å². The summed E-state index contributed by atoms with van der Waals surface area (Å²) < 4.78 is 27.6. The first-order valence-corrected chi connectivity index (χ1v) is 10.4. The van der Waals surface area contributed by atoms with Crippen LogP contribution in [0.2, 0.25) is 0 Å². The Bertz CT molecular complexity index is 872. The molecule has 1 saturated heterocycles. The number of rotatable bonds is 6. The molecule has 1 amide bonds. The Kier molecular flexibility index (Phi) is 5.65. The Morgan fingerprint density at radius 1 is 1.04 bits per heavy atom. The number of piperazine rings is 1. The summed E-state index contributed by atoms with van der Waals surface area (Å²) in [5.41, 5.74) is 2.00. The second-order valence-electron chi connectivity index (χ2n) is 6.86. The molecule has 2 heterocycles. The SMILES string of the molecule is CC(C)c1ccc(S(=O)(=O)Nc2ccc(N3CCN(C=O)CC3)cn2)cc1. The molecule has 0 radical (unpaired) electrons. The molecule has 7 nitrogen and oxygen atoms in total. The zero-order valence-corrected chi connectivity index (χ0v) is 16.3. The molecule has 0 atom stereocenters. The summed E-state index contributed by atoms with van der Waals surface area (Å²) in [5, 5.41) is 0. The zero-order chi connectivity index (χ0) is 19.4. The average molecular weight is 388 g/mol. The van der Waals surface area contributed by atoms with Gasteiger partial charge in [-0.1, -0.05) is 26.0 Å². The molecule has 1 aliphatic rings. The highest BCUT2D eigenvalue weighted by atomic mass is 32.2. The van der Waals surface area contributed by atoms with Crippen LogP contribution in [0.5, 0.6) is 0 Å². The second kappa shape index (κ2) is 7.96. The molecule has 0 bridgehead atoms. The first-order valence-electron chi connectivity index (χ1n) is 8.92. The van der Waals surface area contributed by atoms with Crippen molar-refractivity contribution in [2.45, 2.75) is 24.7 Å². The summed E-state index contributed by atoms with van der Waals surface area (Å²) in [4.78, 5) is 19.1. The first kappa shape index (κ1) is 19.2. The molecule has 0 spiro atoms. The number of sulfonamides is 1. The number of pyridine rings is 1. The molecule has 1 fully saturated rings. The van der Waals surface area contributed by atoms with Gasteiger partial charge in [-0.25, -0.2) is 13.4 Å². The van der Waals surface area contributed by atoms with E-state index in [0.717, 1.165) is 30.8 Å². The minimum atomic E-state index is -3.68. The Hall–Kier alpha value is -2.61. The summed E-state index contributed by atoms with van der Waals surface area (Å²) in [6, 6.07) is 10.4. The van der Waals surface area contributed by atoms with Crippen molar-refractivity contribution in [3.8, 4) is 0 Å². The number of carbonyl (C=O) groups excluding carboxylic acids is 1. The fourth-order valence-corrected chi connectivity index (χ4v) is 3.96. The third-order valence-corrected chi connectivity index (χ3v) is 6.04. The van der Waals surface area contributed by atoms with E-state index < -0.39 is 10.0 Å². The first-order chi connectivity index (χ1) is 12.9. The number of amides is 1. The lowest BCUT2D eigenvalue weighted by atomic mass is 10.0. The molecule has 8 heteroatoms. The van der Waals surface area contributed by atoms with E-state index in [2.05, 4.69) is 28.5 Å². The van der Waals surface area contributed by atoms with Crippen molar-refractivity contribution in [3.63, 3.8) is 0 Å². The monoisotopic (exact) mass is 388 g/mol. The predicted octanol–water partition coefficient (Wildman–Crippen LogP) is 2.28. The number of carbonyl (C=O) groups is 1. The smallest absolute Gasteiger partial charge is 0.263 e. The molecule has 1 N–H and O–H groups in total. The lowest BCUT2D eigenvalue weighted by Gasteiger charge is -2.33.